The molecule has 0 aromatic heterocycles. The van der Waals surface area contributed by atoms with Gasteiger partial charge in [-0.25, -0.2) is 0 Å². The third-order valence-corrected chi connectivity index (χ3v) is 2.46. The van der Waals surface area contributed by atoms with Crippen molar-refractivity contribution in [3.63, 3.8) is 0 Å². The molecule has 0 aromatic carbocycles. The molecule has 1 fully saturated rings. The predicted molar refractivity (Wildman–Crippen MR) is 48.1 cm³/mol. The number of rotatable bonds is 3. The zero-order valence-corrected chi connectivity index (χ0v) is 7.84. The zero-order valence-electron chi connectivity index (χ0n) is 7.84. The van der Waals surface area contributed by atoms with Gasteiger partial charge in [0, 0.05) is 6.42 Å². The molecule has 1 aliphatic rings. The number of esters is 1. The van der Waals surface area contributed by atoms with Crippen molar-refractivity contribution in [2.24, 2.45) is 5.41 Å². The van der Waals surface area contributed by atoms with Crippen LogP contribution in [0, 0.1) is 5.41 Å². The van der Waals surface area contributed by atoms with Crippen molar-refractivity contribution in [2.75, 3.05) is 6.61 Å². The van der Waals surface area contributed by atoms with Gasteiger partial charge in [0.2, 0.25) is 0 Å². The summed E-state index contributed by atoms with van der Waals surface area (Å²) in [5.74, 6) is -0.492. The zero-order chi connectivity index (χ0) is 9.90. The van der Waals surface area contributed by atoms with Crippen LogP contribution < -0.4 is 0 Å². The van der Waals surface area contributed by atoms with Crippen molar-refractivity contribution >= 4 is 11.8 Å². The molecule has 72 valence electrons. The Bertz CT molecular complexity index is 245. The highest BCUT2D eigenvalue weighted by Gasteiger charge is 2.47. The van der Waals surface area contributed by atoms with Gasteiger partial charge in [0.25, 0.3) is 0 Å². The van der Waals surface area contributed by atoms with E-state index in [2.05, 4.69) is 6.58 Å². The molecule has 0 aliphatic heterocycles. The number of ketones is 1. The summed E-state index contributed by atoms with van der Waals surface area (Å²) < 4.78 is 4.86. The molecule has 13 heavy (non-hydrogen) atoms. The van der Waals surface area contributed by atoms with Crippen LogP contribution in [0.2, 0.25) is 0 Å². The van der Waals surface area contributed by atoms with E-state index in [1.165, 1.54) is 6.08 Å². The van der Waals surface area contributed by atoms with Gasteiger partial charge in [-0.05, 0) is 19.8 Å². The van der Waals surface area contributed by atoms with Crippen molar-refractivity contribution in [3.8, 4) is 0 Å². The monoisotopic (exact) mass is 182 g/mol. The van der Waals surface area contributed by atoms with Crippen LogP contribution in [0.15, 0.2) is 12.7 Å². The van der Waals surface area contributed by atoms with E-state index in [0.717, 1.165) is 6.42 Å². The summed E-state index contributed by atoms with van der Waals surface area (Å²) in [6, 6.07) is 0. The van der Waals surface area contributed by atoms with Crippen molar-refractivity contribution in [2.45, 2.75) is 26.2 Å². The maximum absolute atomic E-state index is 11.5. The second-order valence-corrected chi connectivity index (χ2v) is 3.17. The first-order valence-electron chi connectivity index (χ1n) is 4.51. The molecular formula is C10H14O3. The molecule has 0 N–H and O–H groups in total. The maximum atomic E-state index is 11.5. The van der Waals surface area contributed by atoms with Crippen LogP contribution in [0.3, 0.4) is 0 Å². The summed E-state index contributed by atoms with van der Waals surface area (Å²) in [6.45, 7) is 5.58. The van der Waals surface area contributed by atoms with Crippen LogP contribution in [-0.2, 0) is 14.3 Å². The van der Waals surface area contributed by atoms with Gasteiger partial charge >= 0.3 is 5.97 Å². The van der Waals surface area contributed by atoms with E-state index in [9.17, 15) is 9.59 Å². The van der Waals surface area contributed by atoms with E-state index in [1.54, 1.807) is 6.92 Å². The Morgan fingerprint density at radius 3 is 2.85 bits per heavy atom. The molecule has 0 spiro atoms. The normalized spacial score (nSPS) is 27.3. The SMILES string of the molecule is C=C[C@@]1(C(=O)OCC)CCCC1=O. The van der Waals surface area contributed by atoms with Crippen LogP contribution in [-0.4, -0.2) is 18.4 Å². The highest BCUT2D eigenvalue weighted by atomic mass is 16.5. The third kappa shape index (κ3) is 1.50. The average Bonchev–Trinajstić information content (AvgIpc) is 2.48. The molecule has 1 rings (SSSR count). The molecule has 0 aromatic rings. The van der Waals surface area contributed by atoms with Crippen LogP contribution in [0.25, 0.3) is 0 Å². The molecule has 0 saturated heterocycles. The molecule has 1 saturated carbocycles. The number of hydrogen-bond donors (Lipinski definition) is 0. The van der Waals surface area contributed by atoms with Gasteiger partial charge in [0.1, 0.15) is 5.41 Å². The highest BCUT2D eigenvalue weighted by molar-refractivity contribution is 6.07. The van der Waals surface area contributed by atoms with E-state index in [0.29, 0.717) is 19.4 Å². The summed E-state index contributed by atoms with van der Waals surface area (Å²) in [7, 11) is 0. The first-order valence-corrected chi connectivity index (χ1v) is 4.51. The van der Waals surface area contributed by atoms with Gasteiger partial charge in [-0.2, -0.15) is 0 Å². The lowest BCUT2D eigenvalue weighted by Gasteiger charge is -2.19. The molecule has 1 atom stereocenters. The fourth-order valence-corrected chi connectivity index (χ4v) is 1.67. The molecule has 0 radical (unpaired) electrons. The Balaban J connectivity index is 2.86. The summed E-state index contributed by atoms with van der Waals surface area (Å²) in [6.07, 6.45) is 3.20. The minimum absolute atomic E-state index is 0.0547. The summed E-state index contributed by atoms with van der Waals surface area (Å²) >= 11 is 0. The summed E-state index contributed by atoms with van der Waals surface area (Å²) in [4.78, 5) is 23.0. The second kappa shape index (κ2) is 3.73. The quantitative estimate of drug-likeness (QED) is 0.377. The van der Waals surface area contributed by atoms with Gasteiger partial charge in [-0.1, -0.05) is 6.08 Å². The molecule has 1 aliphatic carbocycles. The van der Waals surface area contributed by atoms with Crippen LogP contribution >= 0.6 is 0 Å². The van der Waals surface area contributed by atoms with Crippen LogP contribution in [0.5, 0.6) is 0 Å². The van der Waals surface area contributed by atoms with E-state index in [1.807, 2.05) is 0 Å². The molecular weight excluding hydrogens is 168 g/mol. The Morgan fingerprint density at radius 1 is 1.77 bits per heavy atom. The third-order valence-electron chi connectivity index (χ3n) is 2.46. The number of ether oxygens (including phenoxy) is 1. The van der Waals surface area contributed by atoms with Gasteiger partial charge in [0.15, 0.2) is 5.78 Å². The summed E-state index contributed by atoms with van der Waals surface area (Å²) in [5, 5.41) is 0. The molecule has 0 amide bonds. The lowest BCUT2D eigenvalue weighted by molar-refractivity contribution is -0.155. The number of carbonyl (C=O) groups is 2. The molecule has 3 nitrogen and oxygen atoms in total. The Hall–Kier alpha value is -1.12. The molecule has 0 unspecified atom stereocenters. The fraction of sp³-hybridized carbons (Fsp3) is 0.600. The van der Waals surface area contributed by atoms with Gasteiger partial charge in [0.05, 0.1) is 6.61 Å². The largest absolute Gasteiger partial charge is 0.465 e. The Morgan fingerprint density at radius 2 is 2.46 bits per heavy atom. The Kier molecular flexibility index (Phi) is 2.86. The number of hydrogen-bond acceptors (Lipinski definition) is 3. The minimum Gasteiger partial charge on any atom is -0.465 e. The van der Waals surface area contributed by atoms with Crippen molar-refractivity contribution in [3.05, 3.63) is 12.7 Å². The smallest absolute Gasteiger partial charge is 0.323 e. The van der Waals surface area contributed by atoms with Crippen LogP contribution in [0.4, 0.5) is 0 Å². The molecule has 0 bridgehead atoms. The van der Waals surface area contributed by atoms with E-state index in [4.69, 9.17) is 4.74 Å². The van der Waals surface area contributed by atoms with Crippen molar-refractivity contribution in [1.82, 2.24) is 0 Å². The first kappa shape index (κ1) is 9.96. The number of Topliss-reactive ketones (excluding diaryl/α,β-unsaturated/α-hetero) is 1. The predicted octanol–water partition coefficient (Wildman–Crippen LogP) is 1.47. The molecule has 0 heterocycles. The lowest BCUT2D eigenvalue weighted by Crippen LogP contribution is -2.34. The Labute approximate surface area is 77.8 Å². The fourth-order valence-electron chi connectivity index (χ4n) is 1.67. The topological polar surface area (TPSA) is 43.4 Å². The number of carbonyl (C=O) groups excluding carboxylic acids is 2. The molecule has 3 heteroatoms. The highest BCUT2D eigenvalue weighted by Crippen LogP contribution is 2.37. The second-order valence-electron chi connectivity index (χ2n) is 3.17. The van der Waals surface area contributed by atoms with Gasteiger partial charge < -0.3 is 4.74 Å². The van der Waals surface area contributed by atoms with Crippen molar-refractivity contribution < 1.29 is 14.3 Å². The van der Waals surface area contributed by atoms with Gasteiger partial charge in [-0.3, -0.25) is 9.59 Å². The first-order chi connectivity index (χ1) is 6.17. The van der Waals surface area contributed by atoms with E-state index in [-0.39, 0.29) is 5.78 Å². The van der Waals surface area contributed by atoms with E-state index >= 15 is 0 Å². The minimum atomic E-state index is -1.03. The van der Waals surface area contributed by atoms with E-state index < -0.39 is 11.4 Å². The lowest BCUT2D eigenvalue weighted by atomic mass is 9.85. The van der Waals surface area contributed by atoms with Gasteiger partial charge in [-0.15, -0.1) is 6.58 Å². The average molecular weight is 182 g/mol. The standard InChI is InChI=1S/C10H14O3/c1-3-10(9(12)13-4-2)7-5-6-8(10)11/h3H,1,4-7H2,2H3/t10-/m1/s1. The summed E-state index contributed by atoms with van der Waals surface area (Å²) in [5.41, 5.74) is -1.03. The van der Waals surface area contributed by atoms with Crippen molar-refractivity contribution in [1.29, 1.82) is 0 Å². The maximum Gasteiger partial charge on any atom is 0.323 e. The van der Waals surface area contributed by atoms with Crippen LogP contribution in [0.1, 0.15) is 26.2 Å².